The molecule has 2 fully saturated rings. The van der Waals surface area contributed by atoms with Crippen molar-refractivity contribution in [3.63, 3.8) is 0 Å². The second kappa shape index (κ2) is 9.64. The van der Waals surface area contributed by atoms with Crippen molar-refractivity contribution >= 4 is 11.9 Å². The van der Waals surface area contributed by atoms with Crippen LogP contribution in [0.25, 0.3) is 0 Å². The van der Waals surface area contributed by atoms with Gasteiger partial charge in [0.25, 0.3) is 0 Å². The monoisotopic (exact) mass is 481 g/mol. The molecule has 4 heterocycles. The molecule has 0 saturated carbocycles. The van der Waals surface area contributed by atoms with E-state index in [1.807, 2.05) is 47.0 Å². The van der Waals surface area contributed by atoms with Crippen molar-refractivity contribution in [2.24, 2.45) is 11.3 Å². The van der Waals surface area contributed by atoms with E-state index in [2.05, 4.69) is 11.2 Å². The number of nitrogens with zero attached hydrogens (tertiary/aromatic N) is 3. The number of benzene rings is 1. The molecule has 1 spiro atoms. The van der Waals surface area contributed by atoms with Crippen LogP contribution < -0.4 is 4.74 Å². The van der Waals surface area contributed by atoms with Gasteiger partial charge in [0, 0.05) is 61.8 Å². The number of aliphatic carboxylic acids is 1. The smallest absolute Gasteiger partial charge is 0.303 e. The zero-order valence-corrected chi connectivity index (χ0v) is 20.4. The lowest BCUT2D eigenvalue weighted by molar-refractivity contribution is -0.185. The van der Waals surface area contributed by atoms with Gasteiger partial charge in [0.2, 0.25) is 5.91 Å². The second-order valence-electron chi connectivity index (χ2n) is 10.7. The quantitative estimate of drug-likeness (QED) is 0.641. The number of fused-ring (bicyclic) bond motifs is 3. The molecule has 35 heavy (non-hydrogen) atoms. The molecule has 5 rings (SSSR count). The lowest BCUT2D eigenvalue weighted by atomic mass is 9.64. The Morgan fingerprint density at radius 1 is 1.23 bits per heavy atom. The van der Waals surface area contributed by atoms with Crippen molar-refractivity contribution in [2.45, 2.75) is 70.1 Å². The molecule has 3 aliphatic heterocycles. The number of carboxylic acids is 1. The first-order valence-electron chi connectivity index (χ1n) is 12.7. The predicted molar refractivity (Wildman–Crippen MR) is 129 cm³/mol. The molecule has 1 amide bonds. The van der Waals surface area contributed by atoms with E-state index in [0.717, 1.165) is 50.1 Å². The van der Waals surface area contributed by atoms with Gasteiger partial charge in [-0.1, -0.05) is 18.2 Å². The van der Waals surface area contributed by atoms with Gasteiger partial charge < -0.3 is 19.5 Å². The SMILES string of the molecule is C[C@]1(CCC(=O)O)Oc2ccccc2[C@@H]2OC[C@]3(CCCN(C(=O)CCCn4cccn4)C3)C[C@H]21. The number of rotatable bonds is 7. The van der Waals surface area contributed by atoms with E-state index in [1.165, 1.54) is 0 Å². The molecular weight excluding hydrogens is 446 g/mol. The summed E-state index contributed by atoms with van der Waals surface area (Å²) in [5, 5.41) is 13.6. The number of hydrogen-bond donors (Lipinski definition) is 1. The Morgan fingerprint density at radius 3 is 2.89 bits per heavy atom. The Kier molecular flexibility index (Phi) is 6.57. The number of carboxylic acid groups (broad SMARTS) is 1. The summed E-state index contributed by atoms with van der Waals surface area (Å²) in [6.07, 6.45) is 8.12. The standard InChI is InChI=1S/C27H35N3O5/c1-26(12-10-24(32)33)21-17-27(19-34-25(21)20-7-2-3-8-22(20)35-26)11-5-14-29(18-27)23(31)9-4-15-30-16-6-13-28-30/h2-3,6-8,13,16,21,25H,4-5,9-12,14-15,17-19H2,1H3,(H,32,33)/t21-,25+,26-,27-/m1/s1. The van der Waals surface area contributed by atoms with Gasteiger partial charge >= 0.3 is 5.97 Å². The van der Waals surface area contributed by atoms with E-state index < -0.39 is 11.6 Å². The lowest BCUT2D eigenvalue weighted by Crippen LogP contribution is -2.57. The summed E-state index contributed by atoms with van der Waals surface area (Å²) in [6, 6.07) is 9.83. The van der Waals surface area contributed by atoms with Gasteiger partial charge in [-0.25, -0.2) is 0 Å². The number of piperidine rings is 1. The van der Waals surface area contributed by atoms with Crippen LogP contribution in [-0.2, 0) is 20.9 Å². The fourth-order valence-electron chi connectivity index (χ4n) is 6.27. The highest BCUT2D eigenvalue weighted by Gasteiger charge is 2.54. The molecule has 8 nitrogen and oxygen atoms in total. The fourth-order valence-corrected chi connectivity index (χ4v) is 6.27. The number of ether oxygens (including phenoxy) is 2. The summed E-state index contributed by atoms with van der Waals surface area (Å²) in [5.41, 5.74) is 0.278. The van der Waals surface area contributed by atoms with Gasteiger partial charge in [-0.3, -0.25) is 14.3 Å². The van der Waals surface area contributed by atoms with E-state index in [-0.39, 0.29) is 29.8 Å². The number of carbonyl (C=O) groups excluding carboxylic acids is 1. The van der Waals surface area contributed by atoms with Crippen molar-refractivity contribution in [1.82, 2.24) is 14.7 Å². The van der Waals surface area contributed by atoms with Gasteiger partial charge in [0.05, 0.1) is 12.7 Å². The first-order valence-corrected chi connectivity index (χ1v) is 12.7. The normalized spacial score (nSPS) is 29.8. The van der Waals surface area contributed by atoms with Gasteiger partial charge in [-0.2, -0.15) is 5.10 Å². The highest BCUT2D eigenvalue weighted by Crippen LogP contribution is 2.56. The van der Waals surface area contributed by atoms with Gasteiger partial charge in [0.1, 0.15) is 11.4 Å². The third-order valence-electron chi connectivity index (χ3n) is 8.13. The minimum absolute atomic E-state index is 0.0281. The zero-order valence-electron chi connectivity index (χ0n) is 20.4. The third kappa shape index (κ3) is 4.94. The number of amides is 1. The maximum absolute atomic E-state index is 13.1. The van der Waals surface area contributed by atoms with Crippen LogP contribution in [0.1, 0.15) is 63.5 Å². The number of hydrogen-bond acceptors (Lipinski definition) is 5. The minimum Gasteiger partial charge on any atom is -0.487 e. The Morgan fingerprint density at radius 2 is 2.09 bits per heavy atom. The van der Waals surface area contributed by atoms with Crippen LogP contribution in [0, 0.1) is 11.3 Å². The van der Waals surface area contributed by atoms with Crippen LogP contribution in [0.3, 0.4) is 0 Å². The molecule has 2 saturated heterocycles. The van der Waals surface area contributed by atoms with Crippen LogP contribution in [0.15, 0.2) is 42.7 Å². The molecule has 0 aliphatic carbocycles. The van der Waals surface area contributed by atoms with Crippen LogP contribution in [0.2, 0.25) is 0 Å². The second-order valence-corrected chi connectivity index (χ2v) is 10.7. The number of aromatic nitrogens is 2. The molecule has 8 heteroatoms. The van der Waals surface area contributed by atoms with Gasteiger partial charge in [0.15, 0.2) is 0 Å². The fraction of sp³-hybridized carbons (Fsp3) is 0.593. The molecule has 0 unspecified atom stereocenters. The largest absolute Gasteiger partial charge is 0.487 e. The maximum atomic E-state index is 13.1. The Hall–Kier alpha value is -2.87. The summed E-state index contributed by atoms with van der Waals surface area (Å²) < 4.78 is 14.9. The summed E-state index contributed by atoms with van der Waals surface area (Å²) >= 11 is 0. The molecule has 0 radical (unpaired) electrons. The molecule has 1 N–H and O–H groups in total. The van der Waals surface area contributed by atoms with Crippen LogP contribution in [0.4, 0.5) is 0 Å². The molecule has 3 aliphatic rings. The van der Waals surface area contributed by atoms with Crippen molar-refractivity contribution in [1.29, 1.82) is 0 Å². The first-order chi connectivity index (χ1) is 16.9. The van der Waals surface area contributed by atoms with Crippen LogP contribution >= 0.6 is 0 Å². The van der Waals surface area contributed by atoms with E-state index >= 15 is 0 Å². The van der Waals surface area contributed by atoms with E-state index in [4.69, 9.17) is 9.47 Å². The summed E-state index contributed by atoms with van der Waals surface area (Å²) in [5.74, 6) is 0.189. The average molecular weight is 482 g/mol. The zero-order chi connectivity index (χ0) is 24.5. The Balaban J connectivity index is 1.30. The highest BCUT2D eigenvalue weighted by molar-refractivity contribution is 5.76. The molecule has 4 atom stereocenters. The van der Waals surface area contributed by atoms with Gasteiger partial charge in [-0.05, 0) is 51.2 Å². The summed E-state index contributed by atoms with van der Waals surface area (Å²) in [4.78, 5) is 26.5. The summed E-state index contributed by atoms with van der Waals surface area (Å²) in [6.45, 7) is 4.85. The molecular formula is C27H35N3O5. The van der Waals surface area contributed by atoms with Crippen molar-refractivity contribution in [3.05, 3.63) is 48.3 Å². The molecule has 1 aromatic heterocycles. The first kappa shape index (κ1) is 23.9. The number of likely N-dealkylation sites (tertiary alicyclic amines) is 1. The van der Waals surface area contributed by atoms with E-state index in [1.54, 1.807) is 6.20 Å². The number of carbonyl (C=O) groups is 2. The topological polar surface area (TPSA) is 93.9 Å². The van der Waals surface area contributed by atoms with Crippen LogP contribution in [-0.4, -0.2) is 57.0 Å². The minimum atomic E-state index is -0.818. The molecule has 2 aromatic rings. The maximum Gasteiger partial charge on any atom is 0.303 e. The molecule has 0 bridgehead atoms. The lowest BCUT2D eigenvalue weighted by Gasteiger charge is -2.55. The van der Waals surface area contributed by atoms with Crippen molar-refractivity contribution in [2.75, 3.05) is 19.7 Å². The van der Waals surface area contributed by atoms with Crippen molar-refractivity contribution < 1.29 is 24.2 Å². The third-order valence-corrected chi connectivity index (χ3v) is 8.13. The Bertz CT molecular complexity index is 1060. The average Bonchev–Trinajstić information content (AvgIpc) is 3.37. The predicted octanol–water partition coefficient (Wildman–Crippen LogP) is 4.07. The number of para-hydroxylation sites is 1. The summed E-state index contributed by atoms with van der Waals surface area (Å²) in [7, 11) is 0. The van der Waals surface area contributed by atoms with Crippen LogP contribution in [0.5, 0.6) is 5.75 Å². The van der Waals surface area contributed by atoms with E-state index in [9.17, 15) is 14.7 Å². The van der Waals surface area contributed by atoms with Crippen molar-refractivity contribution in [3.8, 4) is 5.75 Å². The van der Waals surface area contributed by atoms with Gasteiger partial charge in [-0.15, -0.1) is 0 Å². The van der Waals surface area contributed by atoms with E-state index in [0.29, 0.717) is 26.0 Å². The molecule has 1 aromatic carbocycles. The number of aryl methyl sites for hydroxylation is 1. The highest BCUT2D eigenvalue weighted by atomic mass is 16.5. The molecule has 188 valence electrons. The Labute approximate surface area is 206 Å².